The third kappa shape index (κ3) is 12.0. The van der Waals surface area contributed by atoms with Crippen LogP contribution in [-0.2, 0) is 30.3 Å². The molecule has 0 radical (unpaired) electrons. The molecule has 2 unspecified atom stereocenters. The maximum atomic E-state index is 15.0. The summed E-state index contributed by atoms with van der Waals surface area (Å²) in [7, 11) is 0. The highest BCUT2D eigenvalue weighted by atomic mass is 19.3. The lowest BCUT2D eigenvalue weighted by molar-refractivity contribution is -0.144. The first kappa shape index (κ1) is 42.3. The van der Waals surface area contributed by atoms with Gasteiger partial charge in [0.25, 0.3) is 0 Å². The van der Waals surface area contributed by atoms with Crippen LogP contribution in [0.2, 0.25) is 0 Å². The lowest BCUT2D eigenvalue weighted by Crippen LogP contribution is -2.57. The molecule has 4 amide bonds. The van der Waals surface area contributed by atoms with Crippen LogP contribution in [0.4, 0.5) is 22.4 Å². The Morgan fingerprint density at radius 2 is 1.63 bits per heavy atom. The summed E-state index contributed by atoms with van der Waals surface area (Å²) < 4.78 is 67.1. The van der Waals surface area contributed by atoms with E-state index >= 15 is 0 Å². The van der Waals surface area contributed by atoms with E-state index in [0.29, 0.717) is 0 Å². The van der Waals surface area contributed by atoms with Gasteiger partial charge in [0, 0.05) is 25.1 Å². The fourth-order valence-electron chi connectivity index (χ4n) is 6.66. The highest BCUT2D eigenvalue weighted by Gasteiger charge is 2.45. The van der Waals surface area contributed by atoms with Gasteiger partial charge in [0.1, 0.15) is 23.9 Å². The molecule has 0 aromatic heterocycles. The second kappa shape index (κ2) is 19.6. The number of halogens is 4. The maximum absolute atomic E-state index is 15.0. The molecular weight excluding hydrogens is 692 g/mol. The molecule has 1 aliphatic carbocycles. The van der Waals surface area contributed by atoms with Crippen molar-refractivity contribution in [2.45, 2.75) is 117 Å². The fourth-order valence-corrected chi connectivity index (χ4v) is 6.66. The summed E-state index contributed by atoms with van der Waals surface area (Å²) >= 11 is 0. The first-order valence-electron chi connectivity index (χ1n) is 18.0. The number of amides is 4. The third-order valence-electron chi connectivity index (χ3n) is 9.51. The largest absolute Gasteiger partial charge is 0.479 e. The zero-order valence-corrected chi connectivity index (χ0v) is 30.4. The summed E-state index contributed by atoms with van der Waals surface area (Å²) in [6.07, 6.45) is -1.58. The van der Waals surface area contributed by atoms with E-state index in [9.17, 15) is 41.5 Å². The number of hydrogen-bond acceptors (Lipinski definition) is 7. The van der Waals surface area contributed by atoms with E-state index in [4.69, 9.17) is 14.6 Å². The van der Waals surface area contributed by atoms with Crippen molar-refractivity contribution < 1.29 is 56.1 Å². The van der Waals surface area contributed by atoms with Crippen LogP contribution in [0, 0.1) is 35.3 Å². The van der Waals surface area contributed by atoms with Crippen LogP contribution >= 0.6 is 0 Å². The number of carboxylic acids is 1. The number of likely N-dealkylation sites (tertiary alicyclic amines) is 1. The molecule has 1 aromatic rings. The van der Waals surface area contributed by atoms with E-state index in [1.54, 1.807) is 13.8 Å². The van der Waals surface area contributed by atoms with Crippen molar-refractivity contribution in [3.05, 3.63) is 29.3 Å². The minimum atomic E-state index is -3.02. The summed E-state index contributed by atoms with van der Waals surface area (Å²) in [6, 6.07) is -2.11. The zero-order chi connectivity index (χ0) is 38.7. The molecule has 1 saturated heterocycles. The standard InChI is InChI=1S/C36H52F4N4O8/c1-19(2)18-51-36(50)43-31(20(3)4)34(47)44-17-23(22-9-7-6-8-10-22)15-27(44)33(46)42-26(16-29(38)39)32(45)41-14-13-24-25(37)11-12-28(30(24)40)52-21(5)35(48)49/h11-12,19-23,26-27,29,31H,6-10,13-18H2,1-5H3,(H,41,45)(H,42,46)(H,43,50)(H,48,49)/t21?,23-,26+,27?,31+/m1/s1. The quantitative estimate of drug-likeness (QED) is 0.165. The Morgan fingerprint density at radius 1 is 0.962 bits per heavy atom. The van der Waals surface area contributed by atoms with Gasteiger partial charge in [0.2, 0.25) is 24.1 Å². The van der Waals surface area contributed by atoms with Crippen LogP contribution in [0.25, 0.3) is 0 Å². The Labute approximate surface area is 301 Å². The highest BCUT2D eigenvalue weighted by molar-refractivity contribution is 5.94. The van der Waals surface area contributed by atoms with Gasteiger partial charge in [-0.3, -0.25) is 14.4 Å². The molecule has 5 atom stereocenters. The molecule has 1 aromatic carbocycles. The number of nitrogens with one attached hydrogen (secondary N) is 3. The van der Waals surface area contributed by atoms with Gasteiger partial charge < -0.3 is 35.4 Å². The van der Waals surface area contributed by atoms with Gasteiger partial charge in [-0.1, -0.05) is 59.8 Å². The van der Waals surface area contributed by atoms with Crippen molar-refractivity contribution in [3.63, 3.8) is 0 Å². The number of carbonyl (C=O) groups is 5. The molecule has 52 heavy (non-hydrogen) atoms. The number of ether oxygens (including phenoxy) is 2. The monoisotopic (exact) mass is 744 g/mol. The first-order valence-corrected chi connectivity index (χ1v) is 18.0. The molecule has 2 fully saturated rings. The van der Waals surface area contributed by atoms with Crippen molar-refractivity contribution in [3.8, 4) is 5.75 Å². The van der Waals surface area contributed by atoms with Crippen LogP contribution < -0.4 is 20.7 Å². The molecule has 3 rings (SSSR count). The number of alkyl carbamates (subject to hydrolysis) is 1. The van der Waals surface area contributed by atoms with Gasteiger partial charge in [0.05, 0.1) is 6.61 Å². The molecule has 4 N–H and O–H groups in total. The van der Waals surface area contributed by atoms with Crippen LogP contribution in [0.1, 0.15) is 85.1 Å². The molecule has 2 aliphatic rings. The third-order valence-corrected chi connectivity index (χ3v) is 9.51. The number of carbonyl (C=O) groups excluding carboxylic acids is 4. The summed E-state index contributed by atoms with van der Waals surface area (Å²) in [4.78, 5) is 66.0. The van der Waals surface area contributed by atoms with Crippen molar-refractivity contribution in [1.29, 1.82) is 0 Å². The van der Waals surface area contributed by atoms with Crippen molar-refractivity contribution in [1.82, 2.24) is 20.9 Å². The van der Waals surface area contributed by atoms with Crippen LogP contribution in [0.5, 0.6) is 5.75 Å². The Hall–Kier alpha value is -4.11. The van der Waals surface area contributed by atoms with Crippen LogP contribution in [0.3, 0.4) is 0 Å². The number of hydrogen-bond donors (Lipinski definition) is 4. The Balaban J connectivity index is 1.77. The summed E-state index contributed by atoms with van der Waals surface area (Å²) in [6.45, 7) is 8.26. The molecule has 1 heterocycles. The molecule has 12 nitrogen and oxygen atoms in total. The molecule has 292 valence electrons. The Kier molecular flexibility index (Phi) is 16.0. The molecule has 0 bridgehead atoms. The van der Waals surface area contributed by atoms with Crippen molar-refractivity contribution in [2.24, 2.45) is 23.7 Å². The molecule has 0 spiro atoms. The van der Waals surface area contributed by atoms with Gasteiger partial charge in [-0.25, -0.2) is 27.2 Å². The van der Waals surface area contributed by atoms with E-state index in [2.05, 4.69) is 16.0 Å². The van der Waals surface area contributed by atoms with Gasteiger partial charge in [0.15, 0.2) is 17.7 Å². The van der Waals surface area contributed by atoms with Crippen LogP contribution in [-0.4, -0.2) is 90.1 Å². The number of carboxylic acid groups (broad SMARTS) is 1. The first-order chi connectivity index (χ1) is 24.5. The smallest absolute Gasteiger partial charge is 0.407 e. The molecule has 1 saturated carbocycles. The topological polar surface area (TPSA) is 163 Å². The fraction of sp³-hybridized carbons (Fsp3) is 0.694. The second-order valence-electron chi connectivity index (χ2n) is 14.4. The Bertz CT molecular complexity index is 1410. The second-order valence-corrected chi connectivity index (χ2v) is 14.4. The number of alkyl halides is 2. The number of nitrogens with zero attached hydrogens (tertiary/aromatic N) is 1. The molecule has 16 heteroatoms. The predicted octanol–water partition coefficient (Wildman–Crippen LogP) is 4.82. The van der Waals surface area contributed by atoms with Crippen LogP contribution in [0.15, 0.2) is 12.1 Å². The van der Waals surface area contributed by atoms with Gasteiger partial charge in [-0.15, -0.1) is 0 Å². The minimum Gasteiger partial charge on any atom is -0.479 e. The highest BCUT2D eigenvalue weighted by Crippen LogP contribution is 2.38. The maximum Gasteiger partial charge on any atom is 0.407 e. The lowest BCUT2D eigenvalue weighted by atomic mass is 9.79. The zero-order valence-electron chi connectivity index (χ0n) is 30.4. The van der Waals surface area contributed by atoms with Crippen molar-refractivity contribution in [2.75, 3.05) is 19.7 Å². The minimum absolute atomic E-state index is 0.0581. The average molecular weight is 745 g/mol. The van der Waals surface area contributed by atoms with Gasteiger partial charge in [-0.05, 0) is 55.6 Å². The van der Waals surface area contributed by atoms with E-state index in [1.807, 2.05) is 13.8 Å². The molecule has 1 aliphatic heterocycles. The van der Waals surface area contributed by atoms with Gasteiger partial charge in [-0.2, -0.15) is 0 Å². The van der Waals surface area contributed by atoms with E-state index in [0.717, 1.165) is 51.2 Å². The SMILES string of the molecule is CC(C)COC(=O)N[C@H](C(=O)N1C[C@H](C2CCCCC2)CC1C(=O)N[C@@H](CC(F)F)C(=O)NCCc1c(F)ccc(OC(C)C(=O)O)c1F)C(C)C. The number of benzene rings is 1. The Morgan fingerprint density at radius 3 is 2.23 bits per heavy atom. The summed E-state index contributed by atoms with van der Waals surface area (Å²) in [5.41, 5.74) is -0.528. The van der Waals surface area contributed by atoms with Crippen molar-refractivity contribution >= 4 is 29.8 Å². The van der Waals surface area contributed by atoms with E-state index < -0.39 is 109 Å². The van der Waals surface area contributed by atoms with Gasteiger partial charge >= 0.3 is 12.1 Å². The number of rotatable bonds is 17. The average Bonchev–Trinajstić information content (AvgIpc) is 3.54. The number of aliphatic carboxylic acids is 1. The van der Waals surface area contributed by atoms with E-state index in [-0.39, 0.29) is 37.3 Å². The van der Waals surface area contributed by atoms with E-state index in [1.165, 1.54) is 4.90 Å². The predicted molar refractivity (Wildman–Crippen MR) is 181 cm³/mol. The lowest BCUT2D eigenvalue weighted by Gasteiger charge is -2.31. The molecular formula is C36H52F4N4O8. The summed E-state index contributed by atoms with van der Waals surface area (Å²) in [5.74, 6) is -6.62. The normalized spacial score (nSPS) is 19.7. The summed E-state index contributed by atoms with van der Waals surface area (Å²) in [5, 5.41) is 16.4.